The van der Waals surface area contributed by atoms with E-state index in [1.54, 1.807) is 11.0 Å². The zero-order chi connectivity index (χ0) is 14.8. The van der Waals surface area contributed by atoms with Crippen LogP contribution in [0, 0.1) is 0 Å². The molecule has 0 saturated heterocycles. The molecule has 0 spiro atoms. The van der Waals surface area contributed by atoms with E-state index in [1.807, 2.05) is 25.1 Å². The number of hydrogen-bond acceptors (Lipinski definition) is 2. The van der Waals surface area contributed by atoms with Crippen molar-refractivity contribution in [3.63, 3.8) is 0 Å². The highest BCUT2D eigenvalue weighted by Gasteiger charge is 2.52. The summed E-state index contributed by atoms with van der Waals surface area (Å²) >= 11 is 6.00. The van der Waals surface area contributed by atoms with E-state index in [2.05, 4.69) is 0 Å². The Hall–Kier alpha value is -1.55. The van der Waals surface area contributed by atoms with Gasteiger partial charge in [0.05, 0.1) is 11.8 Å². The average molecular weight is 296 g/mol. The van der Waals surface area contributed by atoms with Crippen LogP contribution in [-0.2, 0) is 15.0 Å². The molecule has 108 valence electrons. The second kappa shape index (κ2) is 5.83. The lowest BCUT2D eigenvalue weighted by atomic mass is 9.94. The molecule has 1 aromatic carbocycles. The van der Waals surface area contributed by atoms with Crippen LogP contribution in [0.3, 0.4) is 0 Å². The molecule has 0 aromatic heterocycles. The number of nitrogens with zero attached hydrogens (tertiary/aromatic N) is 1. The second-order valence-electron chi connectivity index (χ2n) is 5.12. The number of likely N-dealkylation sites (N-methyl/N-ethyl adjacent to an activating group) is 1. The molecule has 0 radical (unpaired) electrons. The molecule has 1 amide bonds. The minimum atomic E-state index is -0.885. The fourth-order valence-corrected chi connectivity index (χ4v) is 2.66. The number of carboxylic acids is 1. The van der Waals surface area contributed by atoms with E-state index in [-0.39, 0.29) is 18.9 Å². The summed E-state index contributed by atoms with van der Waals surface area (Å²) in [5.41, 5.74) is 0.447. The Kier molecular flexibility index (Phi) is 4.33. The lowest BCUT2D eigenvalue weighted by Gasteiger charge is -2.26. The second-order valence-corrected chi connectivity index (χ2v) is 5.56. The van der Waals surface area contributed by atoms with Crippen molar-refractivity contribution in [3.8, 4) is 0 Å². The van der Waals surface area contributed by atoms with Gasteiger partial charge in [-0.05, 0) is 37.5 Å². The van der Waals surface area contributed by atoms with Crippen molar-refractivity contribution in [1.82, 2.24) is 4.90 Å². The Morgan fingerprint density at radius 3 is 2.60 bits per heavy atom. The summed E-state index contributed by atoms with van der Waals surface area (Å²) in [7, 11) is 0. The number of aliphatic carboxylic acids is 1. The molecule has 0 bridgehead atoms. The molecule has 0 atom stereocenters. The van der Waals surface area contributed by atoms with Crippen LogP contribution in [0.4, 0.5) is 0 Å². The summed E-state index contributed by atoms with van der Waals surface area (Å²) < 4.78 is 0. The molecular weight excluding hydrogens is 278 g/mol. The van der Waals surface area contributed by atoms with Crippen LogP contribution < -0.4 is 0 Å². The van der Waals surface area contributed by atoms with Crippen molar-refractivity contribution in [2.24, 2.45) is 0 Å². The van der Waals surface area contributed by atoms with E-state index < -0.39 is 11.4 Å². The summed E-state index contributed by atoms with van der Waals surface area (Å²) in [6, 6.07) is 7.38. The SMILES string of the molecule is CCN(CCC(=O)O)C(=O)C1(c2cccc(Cl)c2)CC1. The van der Waals surface area contributed by atoms with Crippen LogP contribution >= 0.6 is 11.6 Å². The number of carbonyl (C=O) groups excluding carboxylic acids is 1. The van der Waals surface area contributed by atoms with Crippen molar-refractivity contribution >= 4 is 23.5 Å². The third-order valence-corrected chi connectivity index (χ3v) is 4.04. The molecule has 1 N–H and O–H groups in total. The lowest BCUT2D eigenvalue weighted by Crippen LogP contribution is -2.40. The molecule has 1 aromatic rings. The van der Waals surface area contributed by atoms with E-state index in [9.17, 15) is 9.59 Å². The predicted molar refractivity (Wildman–Crippen MR) is 76.9 cm³/mol. The molecule has 1 fully saturated rings. The van der Waals surface area contributed by atoms with E-state index in [0.717, 1.165) is 18.4 Å². The van der Waals surface area contributed by atoms with E-state index in [1.165, 1.54) is 0 Å². The van der Waals surface area contributed by atoms with Gasteiger partial charge in [0.2, 0.25) is 5.91 Å². The van der Waals surface area contributed by atoms with Gasteiger partial charge in [-0.3, -0.25) is 9.59 Å². The van der Waals surface area contributed by atoms with Crippen LogP contribution in [0.25, 0.3) is 0 Å². The number of amides is 1. The van der Waals surface area contributed by atoms with E-state index >= 15 is 0 Å². The third kappa shape index (κ3) is 2.96. The first-order chi connectivity index (χ1) is 9.49. The molecule has 2 rings (SSSR count). The van der Waals surface area contributed by atoms with Gasteiger partial charge in [0.25, 0.3) is 0 Å². The molecule has 0 unspecified atom stereocenters. The van der Waals surface area contributed by atoms with Gasteiger partial charge in [-0.15, -0.1) is 0 Å². The molecule has 4 nitrogen and oxygen atoms in total. The number of halogens is 1. The van der Waals surface area contributed by atoms with Gasteiger partial charge in [-0.1, -0.05) is 23.7 Å². The van der Waals surface area contributed by atoms with Crippen LogP contribution in [-0.4, -0.2) is 35.0 Å². The molecule has 1 saturated carbocycles. The normalized spacial score (nSPS) is 15.7. The number of carbonyl (C=O) groups is 2. The maximum atomic E-state index is 12.7. The molecular formula is C15H18ClNO3. The first-order valence-electron chi connectivity index (χ1n) is 6.77. The largest absolute Gasteiger partial charge is 0.481 e. The summed E-state index contributed by atoms with van der Waals surface area (Å²) in [6.45, 7) is 2.65. The van der Waals surface area contributed by atoms with Crippen LogP contribution in [0.2, 0.25) is 5.02 Å². The van der Waals surface area contributed by atoms with Crippen molar-refractivity contribution in [2.75, 3.05) is 13.1 Å². The number of carboxylic acid groups (broad SMARTS) is 1. The third-order valence-electron chi connectivity index (χ3n) is 3.80. The minimum Gasteiger partial charge on any atom is -0.481 e. The zero-order valence-corrected chi connectivity index (χ0v) is 12.2. The topological polar surface area (TPSA) is 57.6 Å². The smallest absolute Gasteiger partial charge is 0.305 e. The molecule has 0 aliphatic heterocycles. The van der Waals surface area contributed by atoms with Gasteiger partial charge < -0.3 is 10.0 Å². The Morgan fingerprint density at radius 2 is 2.10 bits per heavy atom. The maximum absolute atomic E-state index is 12.7. The Bertz CT molecular complexity index is 526. The Balaban J connectivity index is 2.16. The number of benzene rings is 1. The molecule has 0 heterocycles. The number of hydrogen-bond donors (Lipinski definition) is 1. The monoisotopic (exact) mass is 295 g/mol. The average Bonchev–Trinajstić information content (AvgIpc) is 3.20. The number of rotatable bonds is 6. The Labute approximate surface area is 123 Å². The van der Waals surface area contributed by atoms with E-state index in [0.29, 0.717) is 11.6 Å². The highest BCUT2D eigenvalue weighted by molar-refractivity contribution is 6.30. The van der Waals surface area contributed by atoms with Gasteiger partial charge in [0, 0.05) is 18.1 Å². The first-order valence-corrected chi connectivity index (χ1v) is 7.14. The quantitative estimate of drug-likeness (QED) is 0.878. The summed E-state index contributed by atoms with van der Waals surface area (Å²) in [5.74, 6) is -0.868. The summed E-state index contributed by atoms with van der Waals surface area (Å²) in [5, 5.41) is 9.38. The fourth-order valence-electron chi connectivity index (χ4n) is 2.47. The van der Waals surface area contributed by atoms with Crippen LogP contribution in [0.15, 0.2) is 24.3 Å². The molecule has 1 aliphatic rings. The highest BCUT2D eigenvalue weighted by atomic mass is 35.5. The molecule has 5 heteroatoms. The minimum absolute atomic E-state index is 0.0171. The zero-order valence-electron chi connectivity index (χ0n) is 11.4. The van der Waals surface area contributed by atoms with Gasteiger partial charge in [0.1, 0.15) is 0 Å². The maximum Gasteiger partial charge on any atom is 0.305 e. The van der Waals surface area contributed by atoms with E-state index in [4.69, 9.17) is 16.7 Å². The van der Waals surface area contributed by atoms with Crippen molar-refractivity contribution in [3.05, 3.63) is 34.9 Å². The lowest BCUT2D eigenvalue weighted by molar-refractivity contribution is -0.139. The van der Waals surface area contributed by atoms with Crippen molar-refractivity contribution in [2.45, 2.75) is 31.6 Å². The Morgan fingerprint density at radius 1 is 1.40 bits per heavy atom. The summed E-state index contributed by atoms with van der Waals surface area (Å²) in [4.78, 5) is 25.0. The van der Waals surface area contributed by atoms with Crippen LogP contribution in [0.5, 0.6) is 0 Å². The van der Waals surface area contributed by atoms with Gasteiger partial charge in [-0.2, -0.15) is 0 Å². The molecule has 1 aliphatic carbocycles. The summed E-state index contributed by atoms with van der Waals surface area (Å²) in [6.07, 6.45) is 1.58. The standard InChI is InChI=1S/C15H18ClNO3/c1-2-17(9-6-13(18)19)14(20)15(7-8-15)11-4-3-5-12(16)10-11/h3-5,10H,2,6-9H2,1H3,(H,18,19). The first kappa shape index (κ1) is 14.9. The van der Waals surface area contributed by atoms with Gasteiger partial charge in [0.15, 0.2) is 0 Å². The molecule has 20 heavy (non-hydrogen) atoms. The van der Waals surface area contributed by atoms with Gasteiger partial charge >= 0.3 is 5.97 Å². The van der Waals surface area contributed by atoms with Crippen LogP contribution in [0.1, 0.15) is 31.7 Å². The van der Waals surface area contributed by atoms with Crippen molar-refractivity contribution < 1.29 is 14.7 Å². The van der Waals surface area contributed by atoms with Gasteiger partial charge in [-0.25, -0.2) is 0 Å². The predicted octanol–water partition coefficient (Wildman–Crippen LogP) is 2.69. The highest BCUT2D eigenvalue weighted by Crippen LogP contribution is 2.50. The fraction of sp³-hybridized carbons (Fsp3) is 0.467. The van der Waals surface area contributed by atoms with Crippen molar-refractivity contribution in [1.29, 1.82) is 0 Å².